The minimum atomic E-state index is -0.134. The van der Waals surface area contributed by atoms with Crippen LogP contribution in [-0.4, -0.2) is 46.9 Å². The van der Waals surface area contributed by atoms with Gasteiger partial charge in [0.25, 0.3) is 5.91 Å². The van der Waals surface area contributed by atoms with E-state index in [1.165, 1.54) is 11.8 Å². The van der Waals surface area contributed by atoms with E-state index in [-0.39, 0.29) is 11.8 Å². The summed E-state index contributed by atoms with van der Waals surface area (Å²) in [6.07, 6.45) is 2.32. The Bertz CT molecular complexity index is 629. The Labute approximate surface area is 158 Å². The number of hydrogen-bond acceptors (Lipinski definition) is 4. The Morgan fingerprint density at radius 2 is 2.04 bits per heavy atom. The number of benzene rings is 1. The van der Waals surface area contributed by atoms with Crippen molar-refractivity contribution in [2.45, 2.75) is 26.3 Å². The Balaban J connectivity index is 1.73. The molecule has 0 bridgehead atoms. The molecule has 1 aromatic rings. The third-order valence-corrected chi connectivity index (χ3v) is 5.80. The molecule has 1 heterocycles. The second-order valence-electron chi connectivity index (χ2n) is 6.28. The van der Waals surface area contributed by atoms with Crippen molar-refractivity contribution in [3.05, 3.63) is 35.4 Å². The van der Waals surface area contributed by atoms with Gasteiger partial charge in [0.15, 0.2) is 0 Å². The lowest BCUT2D eigenvalue weighted by Gasteiger charge is -2.31. The summed E-state index contributed by atoms with van der Waals surface area (Å²) < 4.78 is 0.809. The van der Waals surface area contributed by atoms with Gasteiger partial charge in [-0.05, 0) is 36.5 Å². The Kier molecular flexibility index (Phi) is 7.71. The first-order valence-electron chi connectivity index (χ1n) is 8.49. The Hall–Kier alpha value is -1.60. The molecule has 1 aliphatic rings. The number of thioether (sulfide) groups is 1. The zero-order valence-electron chi connectivity index (χ0n) is 14.7. The molecule has 1 aromatic carbocycles. The first-order chi connectivity index (χ1) is 12.0. The predicted octanol–water partition coefficient (Wildman–Crippen LogP) is 2.41. The van der Waals surface area contributed by atoms with Gasteiger partial charge in [0.05, 0.1) is 5.75 Å². The minimum Gasteiger partial charge on any atom is -0.357 e. The number of nitrogens with zero attached hydrogens (tertiary/aromatic N) is 1. The second-order valence-corrected chi connectivity index (χ2v) is 7.89. The zero-order chi connectivity index (χ0) is 18.2. The molecule has 0 aromatic heterocycles. The predicted molar refractivity (Wildman–Crippen MR) is 107 cm³/mol. The monoisotopic (exact) mass is 379 g/mol. The van der Waals surface area contributed by atoms with Crippen LogP contribution in [-0.2, 0) is 11.3 Å². The van der Waals surface area contributed by atoms with E-state index in [0.717, 1.165) is 41.7 Å². The van der Waals surface area contributed by atoms with E-state index < -0.39 is 0 Å². The summed E-state index contributed by atoms with van der Waals surface area (Å²) in [7, 11) is 1.60. The number of rotatable bonds is 5. The van der Waals surface area contributed by atoms with Gasteiger partial charge in [-0.2, -0.15) is 0 Å². The van der Waals surface area contributed by atoms with Crippen LogP contribution in [0.15, 0.2) is 24.3 Å². The maximum Gasteiger partial charge on any atom is 0.251 e. The van der Waals surface area contributed by atoms with Crippen molar-refractivity contribution in [2.75, 3.05) is 25.9 Å². The topological polar surface area (TPSA) is 61.4 Å². The average Bonchev–Trinajstić information content (AvgIpc) is 2.64. The molecular formula is C18H25N3O2S2. The van der Waals surface area contributed by atoms with Crippen molar-refractivity contribution < 1.29 is 9.59 Å². The SMILES string of the molecule is CNC(=O)c1cccc(CNC(=O)CSC(=S)N2CCC(C)CC2)c1. The molecule has 0 atom stereocenters. The molecule has 2 rings (SSSR count). The number of likely N-dealkylation sites (tertiary alicyclic amines) is 1. The molecule has 2 N–H and O–H groups in total. The Morgan fingerprint density at radius 1 is 1.32 bits per heavy atom. The number of carbonyl (C=O) groups is 2. The quantitative estimate of drug-likeness (QED) is 0.770. The maximum atomic E-state index is 12.0. The molecule has 0 radical (unpaired) electrons. The number of amides is 2. The van der Waals surface area contributed by atoms with Gasteiger partial charge in [-0.15, -0.1) is 0 Å². The third-order valence-electron chi connectivity index (χ3n) is 4.27. The lowest BCUT2D eigenvalue weighted by molar-refractivity contribution is -0.118. The fraction of sp³-hybridized carbons (Fsp3) is 0.500. The molecule has 1 fully saturated rings. The van der Waals surface area contributed by atoms with Crippen LogP contribution in [0, 0.1) is 5.92 Å². The van der Waals surface area contributed by atoms with Crippen molar-refractivity contribution >= 4 is 40.1 Å². The molecule has 0 aliphatic carbocycles. The minimum absolute atomic E-state index is 0.0527. The van der Waals surface area contributed by atoms with Gasteiger partial charge in [0.1, 0.15) is 4.32 Å². The van der Waals surface area contributed by atoms with Crippen molar-refractivity contribution in [3.63, 3.8) is 0 Å². The highest BCUT2D eigenvalue weighted by molar-refractivity contribution is 8.23. The maximum absolute atomic E-state index is 12.0. The molecule has 2 amide bonds. The molecule has 1 aliphatic heterocycles. The van der Waals surface area contributed by atoms with Crippen LogP contribution >= 0.6 is 24.0 Å². The van der Waals surface area contributed by atoms with E-state index in [0.29, 0.717) is 17.9 Å². The molecule has 0 spiro atoms. The van der Waals surface area contributed by atoms with Gasteiger partial charge in [-0.1, -0.05) is 43.0 Å². The van der Waals surface area contributed by atoms with E-state index in [2.05, 4.69) is 22.5 Å². The van der Waals surface area contributed by atoms with Gasteiger partial charge in [0.2, 0.25) is 5.91 Å². The first-order valence-corrected chi connectivity index (χ1v) is 9.88. The molecule has 0 unspecified atom stereocenters. The second kappa shape index (κ2) is 9.77. The average molecular weight is 380 g/mol. The summed E-state index contributed by atoms with van der Waals surface area (Å²) >= 11 is 6.85. The van der Waals surface area contributed by atoms with Crippen LogP contribution in [0.5, 0.6) is 0 Å². The summed E-state index contributed by atoms with van der Waals surface area (Å²) in [5.41, 5.74) is 1.48. The molecular weight excluding hydrogens is 354 g/mol. The van der Waals surface area contributed by atoms with Crippen LogP contribution in [0.2, 0.25) is 0 Å². The van der Waals surface area contributed by atoms with E-state index in [4.69, 9.17) is 12.2 Å². The van der Waals surface area contributed by atoms with Crippen LogP contribution in [0.25, 0.3) is 0 Å². The summed E-state index contributed by atoms with van der Waals surface area (Å²) in [4.78, 5) is 25.9. The van der Waals surface area contributed by atoms with Crippen molar-refractivity contribution in [1.29, 1.82) is 0 Å². The van der Waals surface area contributed by atoms with Gasteiger partial charge in [0, 0.05) is 32.2 Å². The molecule has 1 saturated heterocycles. The molecule has 0 saturated carbocycles. The first kappa shape index (κ1) is 19.7. The highest BCUT2D eigenvalue weighted by atomic mass is 32.2. The lowest BCUT2D eigenvalue weighted by Crippen LogP contribution is -2.36. The van der Waals surface area contributed by atoms with Crippen LogP contribution < -0.4 is 10.6 Å². The van der Waals surface area contributed by atoms with Gasteiger partial charge < -0.3 is 15.5 Å². The van der Waals surface area contributed by atoms with Crippen molar-refractivity contribution in [1.82, 2.24) is 15.5 Å². The molecule has 136 valence electrons. The number of hydrogen-bond donors (Lipinski definition) is 2. The Morgan fingerprint density at radius 3 is 2.72 bits per heavy atom. The van der Waals surface area contributed by atoms with Crippen molar-refractivity contribution in [3.8, 4) is 0 Å². The largest absolute Gasteiger partial charge is 0.357 e. The number of piperidine rings is 1. The number of thiocarbonyl (C=S) groups is 1. The summed E-state index contributed by atoms with van der Waals surface area (Å²) in [6.45, 7) is 4.64. The molecule has 5 nitrogen and oxygen atoms in total. The van der Waals surface area contributed by atoms with Gasteiger partial charge >= 0.3 is 0 Å². The molecule has 7 heteroatoms. The number of nitrogens with one attached hydrogen (secondary N) is 2. The van der Waals surface area contributed by atoms with E-state index >= 15 is 0 Å². The standard InChI is InChI=1S/C18H25N3O2S2/c1-13-6-8-21(9-7-13)18(24)25-12-16(22)20-11-14-4-3-5-15(10-14)17(23)19-2/h3-5,10,13H,6-9,11-12H2,1-2H3,(H,19,23)(H,20,22). The fourth-order valence-electron chi connectivity index (χ4n) is 2.63. The highest BCUT2D eigenvalue weighted by Gasteiger charge is 2.18. The van der Waals surface area contributed by atoms with Crippen LogP contribution in [0.1, 0.15) is 35.7 Å². The van der Waals surface area contributed by atoms with Crippen LogP contribution in [0.3, 0.4) is 0 Å². The van der Waals surface area contributed by atoms with Crippen LogP contribution in [0.4, 0.5) is 0 Å². The zero-order valence-corrected chi connectivity index (χ0v) is 16.3. The lowest BCUT2D eigenvalue weighted by atomic mass is 10.00. The molecule has 25 heavy (non-hydrogen) atoms. The number of carbonyl (C=O) groups excluding carboxylic acids is 2. The van der Waals surface area contributed by atoms with E-state index in [1.807, 2.05) is 12.1 Å². The normalized spacial score (nSPS) is 14.9. The van der Waals surface area contributed by atoms with Crippen molar-refractivity contribution in [2.24, 2.45) is 5.92 Å². The fourth-order valence-corrected chi connectivity index (χ4v) is 3.71. The summed E-state index contributed by atoms with van der Waals surface area (Å²) in [6, 6.07) is 7.23. The van der Waals surface area contributed by atoms with Gasteiger partial charge in [-0.25, -0.2) is 0 Å². The third kappa shape index (κ3) is 6.32. The van der Waals surface area contributed by atoms with E-state index in [1.54, 1.807) is 19.2 Å². The van der Waals surface area contributed by atoms with E-state index in [9.17, 15) is 9.59 Å². The summed E-state index contributed by atoms with van der Waals surface area (Å²) in [5.74, 6) is 0.894. The smallest absolute Gasteiger partial charge is 0.251 e. The summed E-state index contributed by atoms with van der Waals surface area (Å²) in [5, 5.41) is 5.47. The van der Waals surface area contributed by atoms with Gasteiger partial charge in [-0.3, -0.25) is 9.59 Å². The highest BCUT2D eigenvalue weighted by Crippen LogP contribution is 2.20.